The monoisotopic (exact) mass is 382 g/mol. The summed E-state index contributed by atoms with van der Waals surface area (Å²) in [4.78, 5) is 13.7. The lowest BCUT2D eigenvalue weighted by molar-refractivity contribution is 0.122. The topological polar surface area (TPSA) is 72.5 Å². The predicted octanol–water partition coefficient (Wildman–Crippen LogP) is 1.95. The van der Waals surface area contributed by atoms with Crippen LogP contribution >= 0.6 is 24.0 Å². The van der Waals surface area contributed by atoms with Crippen molar-refractivity contribution in [3.63, 3.8) is 0 Å². The van der Waals surface area contributed by atoms with Crippen LogP contribution in [-0.4, -0.2) is 65.0 Å². The second-order valence-electron chi connectivity index (χ2n) is 6.02. The van der Waals surface area contributed by atoms with Crippen LogP contribution in [0.2, 0.25) is 0 Å². The van der Waals surface area contributed by atoms with Gasteiger partial charge < -0.3 is 14.1 Å². The largest absolute Gasteiger partial charge is 0.413 e. The molecule has 136 valence electrons. The third-order valence-electron chi connectivity index (χ3n) is 3.52. The van der Waals surface area contributed by atoms with Crippen LogP contribution in [0.4, 0.5) is 5.95 Å². The average molecular weight is 383 g/mol. The van der Waals surface area contributed by atoms with Crippen LogP contribution in [0.25, 0.3) is 0 Å². The molecule has 0 amide bonds. The van der Waals surface area contributed by atoms with Crippen molar-refractivity contribution in [2.24, 2.45) is 0 Å². The molecule has 1 aliphatic heterocycles. The lowest BCUT2D eigenvalue weighted by atomic mass is 10.4. The van der Waals surface area contributed by atoms with Gasteiger partial charge in [-0.05, 0) is 39.3 Å². The van der Waals surface area contributed by atoms with E-state index in [1.807, 2.05) is 32.0 Å². The van der Waals surface area contributed by atoms with E-state index < -0.39 is 0 Å². The van der Waals surface area contributed by atoms with E-state index in [0.29, 0.717) is 36.4 Å². The van der Waals surface area contributed by atoms with Gasteiger partial charge in [-0.25, -0.2) is 14.6 Å². The molecule has 3 rings (SSSR count). The van der Waals surface area contributed by atoms with Crippen molar-refractivity contribution in [2.45, 2.75) is 24.4 Å². The van der Waals surface area contributed by atoms with Gasteiger partial charge >= 0.3 is 0 Å². The van der Waals surface area contributed by atoms with Crippen LogP contribution in [0.3, 0.4) is 0 Å². The highest BCUT2D eigenvalue weighted by molar-refractivity contribution is 7.98. The molecule has 8 nitrogen and oxygen atoms in total. The highest BCUT2D eigenvalue weighted by Gasteiger charge is 2.15. The summed E-state index contributed by atoms with van der Waals surface area (Å²) in [6, 6.07) is 1.97. The lowest BCUT2D eigenvalue weighted by Gasteiger charge is -2.27. The van der Waals surface area contributed by atoms with Gasteiger partial charge in [0.05, 0.1) is 25.6 Å². The predicted molar refractivity (Wildman–Crippen MR) is 98.4 cm³/mol. The molecule has 1 aliphatic rings. The van der Waals surface area contributed by atoms with E-state index in [1.165, 1.54) is 0 Å². The molecule has 1 saturated heterocycles. The molecule has 0 spiro atoms. The number of rotatable bonds is 6. The highest BCUT2D eigenvalue weighted by atomic mass is 32.2. The zero-order valence-electron chi connectivity index (χ0n) is 14.6. The molecule has 25 heavy (non-hydrogen) atoms. The van der Waals surface area contributed by atoms with E-state index in [4.69, 9.17) is 21.4 Å². The molecule has 1 fully saturated rings. The Balaban J connectivity index is 1.68. The molecule has 0 N–H and O–H groups in total. The van der Waals surface area contributed by atoms with Crippen LogP contribution in [0.5, 0.6) is 0 Å². The number of hydrogen-bond acceptors (Lipinski definition) is 9. The van der Waals surface area contributed by atoms with Gasteiger partial charge in [0.25, 0.3) is 4.84 Å². The van der Waals surface area contributed by atoms with Crippen molar-refractivity contribution in [2.75, 3.05) is 45.3 Å². The van der Waals surface area contributed by atoms with E-state index in [0.717, 1.165) is 29.8 Å². The van der Waals surface area contributed by atoms with Crippen molar-refractivity contribution >= 4 is 29.9 Å². The van der Waals surface area contributed by atoms with E-state index in [1.54, 1.807) is 16.4 Å². The molecule has 2 aromatic rings. The van der Waals surface area contributed by atoms with Gasteiger partial charge in [-0.3, -0.25) is 4.90 Å². The van der Waals surface area contributed by atoms with Crippen LogP contribution in [0.1, 0.15) is 11.6 Å². The minimum Gasteiger partial charge on any atom is -0.413 e. The molecule has 3 heterocycles. The SMILES string of the molecule is Cc1cc(SCc2nn(CN(C)C)c(=S)o2)nc(N2CCOCC2)n1. The van der Waals surface area contributed by atoms with Crippen molar-refractivity contribution in [1.29, 1.82) is 0 Å². The Morgan fingerprint density at radius 1 is 1.28 bits per heavy atom. The fourth-order valence-electron chi connectivity index (χ4n) is 2.40. The van der Waals surface area contributed by atoms with Crippen molar-refractivity contribution in [3.05, 3.63) is 22.5 Å². The summed E-state index contributed by atoms with van der Waals surface area (Å²) in [7, 11) is 3.92. The Morgan fingerprint density at radius 3 is 2.76 bits per heavy atom. The fourth-order valence-corrected chi connectivity index (χ4v) is 3.39. The number of aromatic nitrogens is 4. The van der Waals surface area contributed by atoms with E-state index in [-0.39, 0.29) is 0 Å². The van der Waals surface area contributed by atoms with Gasteiger partial charge in [0.15, 0.2) is 0 Å². The number of ether oxygens (including phenoxy) is 1. The van der Waals surface area contributed by atoms with Crippen molar-refractivity contribution in [3.8, 4) is 0 Å². The summed E-state index contributed by atoms with van der Waals surface area (Å²) in [5.74, 6) is 1.93. The molecule has 0 aliphatic carbocycles. The first-order valence-corrected chi connectivity index (χ1v) is 9.43. The number of morpholine rings is 1. The Bertz CT molecular complexity index is 770. The van der Waals surface area contributed by atoms with Crippen molar-refractivity contribution < 1.29 is 9.15 Å². The summed E-state index contributed by atoms with van der Waals surface area (Å²) in [6.07, 6.45) is 0. The van der Waals surface area contributed by atoms with E-state index >= 15 is 0 Å². The number of anilines is 1. The third kappa shape index (κ3) is 5.00. The molecule has 0 aromatic carbocycles. The van der Waals surface area contributed by atoms with Crippen LogP contribution in [-0.2, 0) is 17.2 Å². The minimum atomic E-state index is 0.386. The summed E-state index contributed by atoms with van der Waals surface area (Å²) in [5.41, 5.74) is 0.943. The zero-order valence-corrected chi connectivity index (χ0v) is 16.3. The molecular formula is C15H22N6O2S2. The summed E-state index contributed by atoms with van der Waals surface area (Å²) >= 11 is 6.77. The smallest absolute Gasteiger partial charge is 0.288 e. The normalized spacial score (nSPS) is 15.1. The molecule has 0 unspecified atom stereocenters. The number of nitrogens with zero attached hydrogens (tertiary/aromatic N) is 6. The fraction of sp³-hybridized carbons (Fsp3) is 0.600. The minimum absolute atomic E-state index is 0.386. The maximum absolute atomic E-state index is 5.56. The summed E-state index contributed by atoms with van der Waals surface area (Å²) in [6.45, 7) is 5.63. The molecule has 0 saturated carbocycles. The van der Waals surface area contributed by atoms with Gasteiger partial charge in [-0.1, -0.05) is 11.8 Å². The summed E-state index contributed by atoms with van der Waals surface area (Å²) < 4.78 is 12.6. The first-order chi connectivity index (χ1) is 12.0. The van der Waals surface area contributed by atoms with Gasteiger partial charge in [0.1, 0.15) is 5.03 Å². The molecule has 10 heteroatoms. The number of aryl methyl sites for hydroxylation is 1. The molecule has 2 aromatic heterocycles. The molecule has 0 bridgehead atoms. The molecule has 0 atom stereocenters. The Kier molecular flexibility index (Phi) is 6.05. The lowest BCUT2D eigenvalue weighted by Crippen LogP contribution is -2.37. The zero-order chi connectivity index (χ0) is 17.8. The second-order valence-corrected chi connectivity index (χ2v) is 7.36. The van der Waals surface area contributed by atoms with Gasteiger partial charge in [-0.15, -0.1) is 5.10 Å². The summed E-state index contributed by atoms with van der Waals surface area (Å²) in [5, 5.41) is 5.31. The first-order valence-electron chi connectivity index (χ1n) is 8.04. The number of thioether (sulfide) groups is 1. The van der Waals surface area contributed by atoms with Crippen LogP contribution in [0, 0.1) is 11.8 Å². The standard InChI is InChI=1S/C15H22N6O2S2/c1-11-8-13(17-14(16-11)20-4-6-22-7-5-20)25-9-12-18-21(10-19(2)3)15(24)23-12/h8H,4-7,9-10H2,1-3H3. The van der Waals surface area contributed by atoms with Crippen LogP contribution < -0.4 is 4.90 Å². The van der Waals surface area contributed by atoms with Gasteiger partial charge in [0, 0.05) is 18.8 Å². The third-order valence-corrected chi connectivity index (χ3v) is 4.71. The average Bonchev–Trinajstić information content (AvgIpc) is 2.92. The first kappa shape index (κ1) is 18.3. The maximum atomic E-state index is 5.56. The molecular weight excluding hydrogens is 360 g/mol. The quantitative estimate of drug-likeness (QED) is 0.423. The molecule has 0 radical (unpaired) electrons. The van der Waals surface area contributed by atoms with Gasteiger partial charge in [-0.2, -0.15) is 0 Å². The van der Waals surface area contributed by atoms with E-state index in [2.05, 4.69) is 20.0 Å². The number of hydrogen-bond donors (Lipinski definition) is 0. The van der Waals surface area contributed by atoms with Crippen LogP contribution in [0.15, 0.2) is 15.5 Å². The Morgan fingerprint density at radius 2 is 2.04 bits per heavy atom. The second kappa shape index (κ2) is 8.26. The Hall–Kier alpha value is -1.49. The highest BCUT2D eigenvalue weighted by Crippen LogP contribution is 2.23. The van der Waals surface area contributed by atoms with Gasteiger partial charge in [0.2, 0.25) is 11.8 Å². The Labute approximate surface area is 156 Å². The van der Waals surface area contributed by atoms with E-state index in [9.17, 15) is 0 Å². The van der Waals surface area contributed by atoms with Crippen molar-refractivity contribution in [1.82, 2.24) is 24.6 Å². The maximum Gasteiger partial charge on any atom is 0.288 e.